The first-order valence-electron chi connectivity index (χ1n) is 0. The van der Waals surface area contributed by atoms with E-state index < -0.39 is 0 Å². The topological polar surface area (TPSA) is 0 Å². The van der Waals surface area contributed by atoms with Gasteiger partial charge in [-0.1, -0.05) is 0 Å². The van der Waals surface area contributed by atoms with Crippen LogP contribution in [-0.4, -0.2) is 17.6 Å². The summed E-state index contributed by atoms with van der Waals surface area (Å²) in [4.78, 5) is 0. The Morgan fingerprint density at radius 3 is 1.00 bits per heavy atom. The molecule has 0 unspecified atom stereocenters. The van der Waals surface area contributed by atoms with E-state index >= 15 is 0 Å². The van der Waals surface area contributed by atoms with Crippen LogP contribution in [0.3, 0.4) is 0 Å². The molecule has 0 spiro atoms. The van der Waals surface area contributed by atoms with Crippen molar-refractivity contribution in [3.8, 4) is 0 Å². The summed E-state index contributed by atoms with van der Waals surface area (Å²) in [5.41, 5.74) is 0. The summed E-state index contributed by atoms with van der Waals surface area (Å²) >= 11 is 0. The van der Waals surface area contributed by atoms with E-state index in [9.17, 15) is 0 Å². The Bertz CT molecular complexity index is 8.00. The molecular formula is H4AuCeGeLa. The van der Waals surface area contributed by atoms with E-state index in [1.807, 2.05) is 0 Å². The minimum Gasteiger partial charge on any atom is 0 e. The predicted molar refractivity (Wildman–Crippen MR) is 11.3 cm³/mol. The monoisotopic (exact) mass is 554 g/mol. The van der Waals surface area contributed by atoms with Gasteiger partial charge >= 0.3 is 17.6 Å². The Morgan fingerprint density at radius 1 is 1.00 bits per heavy atom. The van der Waals surface area contributed by atoms with Crippen molar-refractivity contribution >= 4 is 17.6 Å². The molecule has 2 radical (unpaired) electrons. The van der Waals surface area contributed by atoms with E-state index in [-0.39, 0.29) is 117 Å². The quantitative estimate of drug-likeness (QED) is 0.323. The van der Waals surface area contributed by atoms with E-state index in [1.165, 1.54) is 0 Å². The second-order valence-electron chi connectivity index (χ2n) is 0. The Morgan fingerprint density at radius 2 is 1.00 bits per heavy atom. The molecule has 0 saturated heterocycles. The van der Waals surface area contributed by atoms with Crippen molar-refractivity contribution in [2.75, 3.05) is 0 Å². The Hall–Kier alpha value is 3.85. The molecule has 0 bridgehead atoms. The average molecular weight is 553 g/mol. The fourth-order valence-electron chi connectivity index (χ4n) is 0. The molecule has 0 fully saturated rings. The third-order valence-corrected chi connectivity index (χ3v) is 0. The summed E-state index contributed by atoms with van der Waals surface area (Å²) < 4.78 is 0. The van der Waals surface area contributed by atoms with Gasteiger partial charge in [-0.2, -0.15) is 0 Å². The van der Waals surface area contributed by atoms with Crippen molar-refractivity contribution in [1.82, 2.24) is 0 Å². The molecule has 0 aromatic heterocycles. The molecule has 0 aromatic rings. The molecule has 0 N–H and O–H groups in total. The molecule has 0 aliphatic heterocycles. The molecule has 26 valence electrons. The molecule has 0 saturated carbocycles. The summed E-state index contributed by atoms with van der Waals surface area (Å²) in [6, 6.07) is 0. The van der Waals surface area contributed by atoms with Gasteiger partial charge in [0.1, 0.15) is 0 Å². The first kappa shape index (κ1) is 24.8. The molecule has 0 aliphatic carbocycles. The largest absolute Gasteiger partial charge is 0 e. The van der Waals surface area contributed by atoms with Crippen LogP contribution in [0.1, 0.15) is 0 Å². The van der Waals surface area contributed by atoms with Crippen molar-refractivity contribution < 1.29 is 99.7 Å². The predicted octanol–water partition coefficient (Wildman–Crippen LogP) is -1.45. The van der Waals surface area contributed by atoms with Crippen LogP contribution in [0.4, 0.5) is 0 Å². The number of hydrogen-bond acceptors (Lipinski definition) is 0. The maximum absolute atomic E-state index is 0. The van der Waals surface area contributed by atoms with Crippen molar-refractivity contribution in [2.45, 2.75) is 0 Å². The van der Waals surface area contributed by atoms with E-state index in [0.717, 1.165) is 0 Å². The zero-order valence-electron chi connectivity index (χ0n) is 1.38. The van der Waals surface area contributed by atoms with Crippen LogP contribution in [0, 0.1) is 77.3 Å². The third-order valence-electron chi connectivity index (χ3n) is 0. The summed E-state index contributed by atoms with van der Waals surface area (Å²) in [6.45, 7) is 0. The van der Waals surface area contributed by atoms with Gasteiger partial charge in [0.25, 0.3) is 0 Å². The summed E-state index contributed by atoms with van der Waals surface area (Å²) in [5, 5.41) is 0. The molecule has 4 heavy (non-hydrogen) atoms. The minimum atomic E-state index is 0. The second-order valence-corrected chi connectivity index (χ2v) is 0. The van der Waals surface area contributed by atoms with Gasteiger partial charge in [0, 0.05) is 99.7 Å². The number of rotatable bonds is 0. The zero-order chi connectivity index (χ0) is 0. The van der Waals surface area contributed by atoms with Crippen LogP contribution in [0.5, 0.6) is 0 Å². The van der Waals surface area contributed by atoms with Crippen molar-refractivity contribution in [3.63, 3.8) is 0 Å². The van der Waals surface area contributed by atoms with Crippen LogP contribution < -0.4 is 0 Å². The van der Waals surface area contributed by atoms with Crippen molar-refractivity contribution in [1.29, 1.82) is 0 Å². The first-order valence-corrected chi connectivity index (χ1v) is 0. The van der Waals surface area contributed by atoms with Crippen LogP contribution in [0.15, 0.2) is 0 Å². The van der Waals surface area contributed by atoms with Crippen LogP contribution in [-0.2, 0) is 22.4 Å². The Balaban J connectivity index is 0. The van der Waals surface area contributed by atoms with Gasteiger partial charge in [-0.25, -0.2) is 0 Å². The van der Waals surface area contributed by atoms with Gasteiger partial charge in [0.15, 0.2) is 0 Å². The Labute approximate surface area is 114 Å². The van der Waals surface area contributed by atoms with E-state index in [4.69, 9.17) is 0 Å². The first-order chi connectivity index (χ1) is 0. The van der Waals surface area contributed by atoms with Crippen molar-refractivity contribution in [2.24, 2.45) is 0 Å². The molecule has 0 heterocycles. The third kappa shape index (κ3) is 9.29. The minimum absolute atomic E-state index is 0. The maximum Gasteiger partial charge on any atom is 0 e. The van der Waals surface area contributed by atoms with Gasteiger partial charge in [0.2, 0.25) is 0 Å². The molecule has 0 atom stereocenters. The van der Waals surface area contributed by atoms with E-state index in [0.29, 0.717) is 0 Å². The zero-order valence-corrected chi connectivity index (χ0v) is 10.3. The van der Waals surface area contributed by atoms with Crippen LogP contribution in [0.2, 0.25) is 0 Å². The van der Waals surface area contributed by atoms with Crippen LogP contribution >= 0.6 is 0 Å². The maximum atomic E-state index is 0. The van der Waals surface area contributed by atoms with Gasteiger partial charge in [0.05, 0.1) is 0 Å². The Kier molecular flexibility index (Phi) is 98.2. The molecule has 0 nitrogen and oxygen atoms in total. The SMILES string of the molecule is [Au].[Ce].[GeH4].[La]. The summed E-state index contributed by atoms with van der Waals surface area (Å²) in [7, 11) is 0. The van der Waals surface area contributed by atoms with Gasteiger partial charge < -0.3 is 0 Å². The average Bonchev–Trinajstić information content (AvgIpc) is 0. The smallest absolute Gasteiger partial charge is 0 e. The molecule has 0 aliphatic rings. The van der Waals surface area contributed by atoms with E-state index in [2.05, 4.69) is 0 Å². The van der Waals surface area contributed by atoms with Crippen molar-refractivity contribution in [3.05, 3.63) is 0 Å². The van der Waals surface area contributed by atoms with Crippen LogP contribution in [0.25, 0.3) is 0 Å². The molecular weight excluding hydrogens is 549 g/mol. The molecule has 0 rings (SSSR count). The van der Waals surface area contributed by atoms with Gasteiger partial charge in [-0.05, 0) is 0 Å². The molecule has 0 aromatic carbocycles. The summed E-state index contributed by atoms with van der Waals surface area (Å²) in [5.74, 6) is 0. The van der Waals surface area contributed by atoms with Gasteiger partial charge in [-0.15, -0.1) is 0 Å². The second kappa shape index (κ2) is 15.8. The fourth-order valence-corrected chi connectivity index (χ4v) is 0. The normalized spacial score (nSPS) is 0. The van der Waals surface area contributed by atoms with Gasteiger partial charge in [-0.3, -0.25) is 0 Å². The molecule has 4 heteroatoms. The summed E-state index contributed by atoms with van der Waals surface area (Å²) in [6.07, 6.45) is 0. The molecule has 0 amide bonds. The number of hydrogen-bond donors (Lipinski definition) is 0. The van der Waals surface area contributed by atoms with E-state index in [1.54, 1.807) is 0 Å². The fraction of sp³-hybridized carbons (Fsp3) is 0. The standard InChI is InChI=1S/Au.Ce.GeH4.La/h;;1H4;.